The minimum atomic E-state index is -0.998. The van der Waals surface area contributed by atoms with Gasteiger partial charge in [0.05, 0.1) is 5.52 Å². The third-order valence-corrected chi connectivity index (χ3v) is 2.71. The topological polar surface area (TPSA) is 59.4 Å². The number of hydrogen-bond donors (Lipinski definition) is 1. The molecule has 0 aliphatic rings. The largest absolute Gasteiger partial charge is 0.481 e. The summed E-state index contributed by atoms with van der Waals surface area (Å²) in [5.74, 6) is -0.459. The number of ether oxygens (including phenoxy) is 1. The van der Waals surface area contributed by atoms with Crippen molar-refractivity contribution < 1.29 is 14.6 Å². The van der Waals surface area contributed by atoms with Crippen LogP contribution in [-0.2, 0) is 4.79 Å². The highest BCUT2D eigenvalue weighted by Gasteiger charge is 2.07. The predicted molar refractivity (Wildman–Crippen MR) is 67.3 cm³/mol. The van der Waals surface area contributed by atoms with Crippen molar-refractivity contribution in [3.05, 3.63) is 34.4 Å². The predicted octanol–water partition coefficient (Wildman–Crippen LogP) is 2.77. The molecular formula is C12H10BrNO3. The average Bonchev–Trinajstić information content (AvgIpc) is 2.26. The van der Waals surface area contributed by atoms with E-state index in [-0.39, 0.29) is 6.61 Å². The van der Waals surface area contributed by atoms with E-state index in [4.69, 9.17) is 9.84 Å². The number of nitrogens with zero attached hydrogens (tertiary/aromatic N) is 1. The zero-order valence-corrected chi connectivity index (χ0v) is 10.7. The van der Waals surface area contributed by atoms with E-state index in [0.29, 0.717) is 5.75 Å². The molecule has 0 fully saturated rings. The summed E-state index contributed by atoms with van der Waals surface area (Å²) in [6.07, 6.45) is 0. The highest BCUT2D eigenvalue weighted by atomic mass is 79.9. The standard InChI is InChI=1S/C12H10BrNO3/c1-7-4-11(17-6-12(15)16)9-5-8(13)2-3-10(9)14-7/h2-5H,6H2,1H3,(H,15,16). The summed E-state index contributed by atoms with van der Waals surface area (Å²) >= 11 is 3.37. The molecule has 2 rings (SSSR count). The summed E-state index contributed by atoms with van der Waals surface area (Å²) < 4.78 is 6.16. The van der Waals surface area contributed by atoms with Crippen molar-refractivity contribution in [2.45, 2.75) is 6.92 Å². The van der Waals surface area contributed by atoms with Gasteiger partial charge in [-0.15, -0.1) is 0 Å². The molecule has 0 aliphatic heterocycles. The Kier molecular flexibility index (Phi) is 3.28. The molecule has 0 radical (unpaired) electrons. The van der Waals surface area contributed by atoms with Gasteiger partial charge in [-0.05, 0) is 25.1 Å². The minimum Gasteiger partial charge on any atom is -0.481 e. The van der Waals surface area contributed by atoms with Crippen molar-refractivity contribution in [3.63, 3.8) is 0 Å². The first-order valence-electron chi connectivity index (χ1n) is 4.98. The summed E-state index contributed by atoms with van der Waals surface area (Å²) in [7, 11) is 0. The molecule has 0 aliphatic carbocycles. The first-order chi connectivity index (χ1) is 8.06. The van der Waals surface area contributed by atoms with E-state index in [9.17, 15) is 4.79 Å². The maximum Gasteiger partial charge on any atom is 0.341 e. The van der Waals surface area contributed by atoms with Crippen LogP contribution in [0.2, 0.25) is 0 Å². The third kappa shape index (κ3) is 2.74. The molecule has 0 saturated carbocycles. The quantitative estimate of drug-likeness (QED) is 0.946. The first kappa shape index (κ1) is 11.9. The second kappa shape index (κ2) is 4.71. The van der Waals surface area contributed by atoms with Crippen molar-refractivity contribution in [2.75, 3.05) is 6.61 Å². The maximum atomic E-state index is 10.5. The number of benzene rings is 1. The number of rotatable bonds is 3. The summed E-state index contributed by atoms with van der Waals surface area (Å²) in [4.78, 5) is 14.9. The van der Waals surface area contributed by atoms with Gasteiger partial charge in [-0.1, -0.05) is 15.9 Å². The molecule has 1 heterocycles. The van der Waals surface area contributed by atoms with Crippen LogP contribution in [0.1, 0.15) is 5.69 Å². The number of aliphatic carboxylic acids is 1. The molecule has 1 N–H and O–H groups in total. The fraction of sp³-hybridized carbons (Fsp3) is 0.167. The number of carboxylic acid groups (broad SMARTS) is 1. The van der Waals surface area contributed by atoms with Crippen LogP contribution in [0.4, 0.5) is 0 Å². The van der Waals surface area contributed by atoms with Gasteiger partial charge in [0.25, 0.3) is 0 Å². The summed E-state index contributed by atoms with van der Waals surface area (Å²) in [5, 5.41) is 9.42. The lowest BCUT2D eigenvalue weighted by Gasteiger charge is -2.08. The molecular weight excluding hydrogens is 286 g/mol. The van der Waals surface area contributed by atoms with Gasteiger partial charge in [-0.25, -0.2) is 4.79 Å². The molecule has 5 heteroatoms. The Morgan fingerprint density at radius 3 is 2.94 bits per heavy atom. The average molecular weight is 296 g/mol. The molecule has 0 atom stereocenters. The molecule has 1 aromatic carbocycles. The molecule has 4 nitrogen and oxygen atoms in total. The normalized spacial score (nSPS) is 10.5. The number of halogens is 1. The van der Waals surface area contributed by atoms with E-state index >= 15 is 0 Å². The molecule has 17 heavy (non-hydrogen) atoms. The van der Waals surface area contributed by atoms with Gasteiger partial charge in [0.1, 0.15) is 5.75 Å². The fourth-order valence-electron chi connectivity index (χ4n) is 1.55. The number of carboxylic acids is 1. The van der Waals surface area contributed by atoms with Crippen molar-refractivity contribution in [3.8, 4) is 5.75 Å². The van der Waals surface area contributed by atoms with E-state index < -0.39 is 5.97 Å². The smallest absolute Gasteiger partial charge is 0.341 e. The van der Waals surface area contributed by atoms with Crippen LogP contribution in [-0.4, -0.2) is 22.7 Å². The Bertz CT molecular complexity index is 583. The second-order valence-electron chi connectivity index (χ2n) is 3.61. The zero-order chi connectivity index (χ0) is 12.4. The molecule has 0 bridgehead atoms. The van der Waals surface area contributed by atoms with Crippen LogP contribution < -0.4 is 4.74 Å². The van der Waals surface area contributed by atoms with Crippen LogP contribution >= 0.6 is 15.9 Å². The Balaban J connectivity index is 2.51. The Morgan fingerprint density at radius 2 is 2.24 bits per heavy atom. The molecule has 2 aromatic rings. The minimum absolute atomic E-state index is 0.356. The number of pyridine rings is 1. The third-order valence-electron chi connectivity index (χ3n) is 2.21. The lowest BCUT2D eigenvalue weighted by atomic mass is 10.2. The van der Waals surface area contributed by atoms with E-state index in [2.05, 4.69) is 20.9 Å². The summed E-state index contributed by atoms with van der Waals surface area (Å²) in [6.45, 7) is 1.49. The summed E-state index contributed by atoms with van der Waals surface area (Å²) in [5.41, 5.74) is 1.58. The Hall–Kier alpha value is -1.62. The lowest BCUT2D eigenvalue weighted by molar-refractivity contribution is -0.139. The van der Waals surface area contributed by atoms with Crippen molar-refractivity contribution in [1.82, 2.24) is 4.98 Å². The lowest BCUT2D eigenvalue weighted by Crippen LogP contribution is -2.09. The van der Waals surface area contributed by atoms with Gasteiger partial charge in [-0.2, -0.15) is 0 Å². The van der Waals surface area contributed by atoms with Gasteiger partial charge < -0.3 is 9.84 Å². The number of fused-ring (bicyclic) bond motifs is 1. The maximum absolute atomic E-state index is 10.5. The van der Waals surface area contributed by atoms with Gasteiger partial charge in [0, 0.05) is 21.6 Å². The van der Waals surface area contributed by atoms with E-state index in [1.807, 2.05) is 25.1 Å². The Morgan fingerprint density at radius 1 is 1.47 bits per heavy atom. The van der Waals surface area contributed by atoms with Crippen molar-refractivity contribution in [1.29, 1.82) is 0 Å². The highest BCUT2D eigenvalue weighted by molar-refractivity contribution is 9.10. The molecule has 1 aromatic heterocycles. The number of hydrogen-bond acceptors (Lipinski definition) is 3. The zero-order valence-electron chi connectivity index (χ0n) is 9.11. The number of carbonyl (C=O) groups is 1. The van der Waals surface area contributed by atoms with Crippen LogP contribution in [0.15, 0.2) is 28.7 Å². The van der Waals surface area contributed by atoms with Gasteiger partial charge >= 0.3 is 5.97 Å². The number of aromatic nitrogens is 1. The SMILES string of the molecule is Cc1cc(OCC(=O)O)c2cc(Br)ccc2n1. The van der Waals surface area contributed by atoms with E-state index in [1.165, 1.54) is 0 Å². The second-order valence-corrected chi connectivity index (χ2v) is 4.52. The van der Waals surface area contributed by atoms with Gasteiger partial charge in [0.15, 0.2) is 6.61 Å². The first-order valence-corrected chi connectivity index (χ1v) is 5.77. The van der Waals surface area contributed by atoms with Crippen LogP contribution in [0.5, 0.6) is 5.75 Å². The van der Waals surface area contributed by atoms with Gasteiger partial charge in [-0.3, -0.25) is 4.98 Å². The molecule has 0 amide bonds. The van der Waals surface area contributed by atoms with Crippen molar-refractivity contribution >= 4 is 32.8 Å². The van der Waals surface area contributed by atoms with Crippen LogP contribution in [0.3, 0.4) is 0 Å². The van der Waals surface area contributed by atoms with Crippen LogP contribution in [0.25, 0.3) is 10.9 Å². The molecule has 0 unspecified atom stereocenters. The Labute approximate surface area is 106 Å². The molecule has 0 saturated heterocycles. The van der Waals surface area contributed by atoms with Crippen molar-refractivity contribution in [2.24, 2.45) is 0 Å². The molecule has 88 valence electrons. The molecule has 0 spiro atoms. The van der Waals surface area contributed by atoms with E-state index in [1.54, 1.807) is 6.07 Å². The number of aryl methyl sites for hydroxylation is 1. The fourth-order valence-corrected chi connectivity index (χ4v) is 1.91. The van der Waals surface area contributed by atoms with E-state index in [0.717, 1.165) is 21.1 Å². The monoisotopic (exact) mass is 295 g/mol. The van der Waals surface area contributed by atoms with Crippen LogP contribution in [0, 0.1) is 6.92 Å². The summed E-state index contributed by atoms with van der Waals surface area (Å²) in [6, 6.07) is 7.34. The van der Waals surface area contributed by atoms with Gasteiger partial charge in [0.2, 0.25) is 0 Å². The highest BCUT2D eigenvalue weighted by Crippen LogP contribution is 2.28.